The van der Waals surface area contributed by atoms with Crippen LogP contribution in [0.15, 0.2) is 78.9 Å². The molecule has 0 spiro atoms. The molecular formula is C23H20N4O5. The third-order valence-electron chi connectivity index (χ3n) is 5.38. The van der Waals surface area contributed by atoms with Crippen LogP contribution in [0.5, 0.6) is 0 Å². The molecule has 4 rings (SSSR count). The number of nitro groups is 1. The van der Waals surface area contributed by atoms with Crippen LogP contribution in [0.4, 0.5) is 5.69 Å². The predicted octanol–water partition coefficient (Wildman–Crippen LogP) is 3.30. The van der Waals surface area contributed by atoms with Gasteiger partial charge in [0.1, 0.15) is 5.76 Å². The molecule has 9 nitrogen and oxygen atoms in total. The number of nitro benzene ring substituents is 1. The van der Waals surface area contributed by atoms with Gasteiger partial charge in [0.15, 0.2) is 0 Å². The van der Waals surface area contributed by atoms with Crippen LogP contribution in [-0.4, -0.2) is 42.7 Å². The van der Waals surface area contributed by atoms with Crippen molar-refractivity contribution in [1.82, 2.24) is 14.5 Å². The fourth-order valence-corrected chi connectivity index (χ4v) is 3.83. The number of carbonyl (C=O) groups excluding carboxylic acids is 2. The summed E-state index contributed by atoms with van der Waals surface area (Å²) >= 11 is 0. The number of likely N-dealkylation sites (tertiary alicyclic amines) is 1. The number of aromatic nitrogens is 2. The summed E-state index contributed by atoms with van der Waals surface area (Å²) in [4.78, 5) is 41.8. The zero-order valence-electron chi connectivity index (χ0n) is 17.0. The molecule has 1 amide bonds. The maximum atomic E-state index is 12.9. The lowest BCUT2D eigenvalue weighted by atomic mass is 9.95. The molecule has 2 aromatic carbocycles. The first-order valence-corrected chi connectivity index (χ1v) is 10.0. The Morgan fingerprint density at radius 1 is 1.06 bits per heavy atom. The number of Topliss-reactive ketones (excluding diaryl/α,β-unsaturated/α-hetero) is 1. The van der Waals surface area contributed by atoms with Gasteiger partial charge >= 0.3 is 0 Å². The highest BCUT2D eigenvalue weighted by Crippen LogP contribution is 2.39. The number of aliphatic hydroxyl groups is 1. The summed E-state index contributed by atoms with van der Waals surface area (Å²) in [6.45, 7) is 0.852. The predicted molar refractivity (Wildman–Crippen MR) is 115 cm³/mol. The van der Waals surface area contributed by atoms with E-state index in [-0.39, 0.29) is 23.6 Å². The van der Waals surface area contributed by atoms with Crippen LogP contribution in [0.3, 0.4) is 0 Å². The molecule has 1 fully saturated rings. The molecule has 9 heteroatoms. The van der Waals surface area contributed by atoms with Crippen molar-refractivity contribution >= 4 is 23.1 Å². The van der Waals surface area contributed by atoms with Crippen LogP contribution in [0.2, 0.25) is 0 Å². The highest BCUT2D eigenvalue weighted by Gasteiger charge is 2.45. The highest BCUT2D eigenvalue weighted by molar-refractivity contribution is 6.46. The van der Waals surface area contributed by atoms with Gasteiger partial charge in [0, 0.05) is 43.2 Å². The molecule has 0 aliphatic carbocycles. The number of amides is 1. The second-order valence-electron chi connectivity index (χ2n) is 7.36. The van der Waals surface area contributed by atoms with Crippen LogP contribution in [0.1, 0.15) is 23.6 Å². The van der Waals surface area contributed by atoms with E-state index in [2.05, 4.69) is 4.98 Å². The molecule has 162 valence electrons. The largest absolute Gasteiger partial charge is 0.507 e. The number of aliphatic hydroxyl groups excluding tert-OH is 1. The van der Waals surface area contributed by atoms with Gasteiger partial charge in [-0.1, -0.05) is 30.3 Å². The number of hydrogen-bond acceptors (Lipinski definition) is 6. The number of benzene rings is 2. The fourth-order valence-electron chi connectivity index (χ4n) is 3.83. The lowest BCUT2D eigenvalue weighted by Crippen LogP contribution is -2.31. The number of rotatable bonds is 7. The lowest BCUT2D eigenvalue weighted by molar-refractivity contribution is -0.384. The zero-order valence-corrected chi connectivity index (χ0v) is 17.0. The van der Waals surface area contributed by atoms with Crippen LogP contribution >= 0.6 is 0 Å². The third kappa shape index (κ3) is 4.00. The Morgan fingerprint density at radius 3 is 2.41 bits per heavy atom. The van der Waals surface area contributed by atoms with Crippen molar-refractivity contribution in [2.75, 3.05) is 6.54 Å². The van der Waals surface area contributed by atoms with Crippen LogP contribution in [0, 0.1) is 10.1 Å². The number of nitrogens with zero attached hydrogens (tertiary/aromatic N) is 4. The van der Waals surface area contributed by atoms with E-state index in [9.17, 15) is 24.8 Å². The van der Waals surface area contributed by atoms with Gasteiger partial charge in [-0.05, 0) is 24.1 Å². The number of carbonyl (C=O) groups is 2. The molecule has 1 aliphatic rings. The average Bonchev–Trinajstić information content (AvgIpc) is 3.41. The lowest BCUT2D eigenvalue weighted by Gasteiger charge is -2.25. The topological polar surface area (TPSA) is 119 Å². The van der Waals surface area contributed by atoms with E-state index < -0.39 is 22.7 Å². The second kappa shape index (κ2) is 8.84. The van der Waals surface area contributed by atoms with E-state index in [0.717, 1.165) is 0 Å². The summed E-state index contributed by atoms with van der Waals surface area (Å²) in [6.07, 6.45) is 5.68. The molecule has 3 aromatic rings. The van der Waals surface area contributed by atoms with Gasteiger partial charge in [-0.2, -0.15) is 0 Å². The number of non-ortho nitro benzene ring substituents is 1. The Kier molecular flexibility index (Phi) is 5.80. The summed E-state index contributed by atoms with van der Waals surface area (Å²) in [5.74, 6) is -1.77. The molecule has 32 heavy (non-hydrogen) atoms. The average molecular weight is 432 g/mol. The van der Waals surface area contributed by atoms with Gasteiger partial charge in [0.2, 0.25) is 0 Å². The SMILES string of the molecule is O=C1C(=O)N(CCCn2ccnc2)[C@@H](c2ccc([N+](=O)[O-])cc2)/C1=C(\O)c1ccccc1. The molecule has 1 atom stereocenters. The van der Waals surface area contributed by atoms with Crippen molar-refractivity contribution in [1.29, 1.82) is 0 Å². The minimum Gasteiger partial charge on any atom is -0.507 e. The van der Waals surface area contributed by atoms with E-state index in [1.165, 1.54) is 29.2 Å². The highest BCUT2D eigenvalue weighted by atomic mass is 16.6. The van der Waals surface area contributed by atoms with Crippen molar-refractivity contribution in [3.05, 3.63) is 100 Å². The Labute approximate surface area is 183 Å². The van der Waals surface area contributed by atoms with Crippen molar-refractivity contribution < 1.29 is 19.6 Å². The van der Waals surface area contributed by atoms with Gasteiger partial charge < -0.3 is 14.6 Å². The van der Waals surface area contributed by atoms with Crippen molar-refractivity contribution in [3.63, 3.8) is 0 Å². The number of ketones is 1. The van der Waals surface area contributed by atoms with Crippen molar-refractivity contribution in [3.8, 4) is 0 Å². The van der Waals surface area contributed by atoms with Crippen molar-refractivity contribution in [2.24, 2.45) is 0 Å². The molecule has 0 saturated carbocycles. The van der Waals surface area contributed by atoms with Gasteiger partial charge in [0.25, 0.3) is 17.4 Å². The summed E-state index contributed by atoms with van der Waals surface area (Å²) in [5, 5.41) is 22.0. The fraction of sp³-hybridized carbons (Fsp3) is 0.174. The normalized spacial score (nSPS) is 17.6. The van der Waals surface area contributed by atoms with Gasteiger partial charge in [-0.3, -0.25) is 19.7 Å². The third-order valence-corrected chi connectivity index (χ3v) is 5.38. The molecule has 2 heterocycles. The number of hydrogen-bond donors (Lipinski definition) is 1. The molecule has 1 N–H and O–H groups in total. The van der Waals surface area contributed by atoms with Gasteiger partial charge in [-0.15, -0.1) is 0 Å². The molecule has 0 radical (unpaired) electrons. The van der Waals surface area contributed by atoms with E-state index in [0.29, 0.717) is 24.1 Å². The Bertz CT molecular complexity index is 1170. The first-order valence-electron chi connectivity index (χ1n) is 10.0. The molecular weight excluding hydrogens is 412 g/mol. The Balaban J connectivity index is 1.73. The minimum absolute atomic E-state index is 0.0299. The molecule has 1 saturated heterocycles. The van der Waals surface area contributed by atoms with Crippen LogP contribution < -0.4 is 0 Å². The monoisotopic (exact) mass is 432 g/mol. The van der Waals surface area contributed by atoms with E-state index in [1.54, 1.807) is 49.1 Å². The zero-order chi connectivity index (χ0) is 22.7. The summed E-state index contributed by atoms with van der Waals surface area (Å²) in [6, 6.07) is 13.3. The second-order valence-corrected chi connectivity index (χ2v) is 7.36. The number of aryl methyl sites for hydroxylation is 1. The summed E-state index contributed by atoms with van der Waals surface area (Å²) in [7, 11) is 0. The standard InChI is InChI=1S/C23H20N4O5/c28-21(17-5-2-1-3-6-17)19-20(16-7-9-18(10-8-16)27(31)32)26(23(30)22(19)29)13-4-12-25-14-11-24-15-25/h1-3,5-11,14-15,20,28H,4,12-13H2/b21-19+/t20-/m0/s1. The van der Waals surface area contributed by atoms with Crippen LogP contribution in [0.25, 0.3) is 5.76 Å². The smallest absolute Gasteiger partial charge is 0.295 e. The molecule has 1 aromatic heterocycles. The molecule has 1 aliphatic heterocycles. The maximum Gasteiger partial charge on any atom is 0.295 e. The van der Waals surface area contributed by atoms with E-state index in [1.807, 2.05) is 4.57 Å². The van der Waals surface area contributed by atoms with Crippen LogP contribution in [-0.2, 0) is 16.1 Å². The number of imidazole rings is 1. The first kappa shape index (κ1) is 21.0. The Morgan fingerprint density at radius 2 is 1.78 bits per heavy atom. The van der Waals surface area contributed by atoms with Gasteiger partial charge in [-0.25, -0.2) is 4.98 Å². The van der Waals surface area contributed by atoms with Crippen molar-refractivity contribution in [2.45, 2.75) is 19.0 Å². The molecule has 0 bridgehead atoms. The molecule has 0 unspecified atom stereocenters. The minimum atomic E-state index is -0.848. The quantitative estimate of drug-likeness (QED) is 0.201. The first-order chi connectivity index (χ1) is 15.5. The van der Waals surface area contributed by atoms with E-state index in [4.69, 9.17) is 0 Å². The summed E-state index contributed by atoms with van der Waals surface area (Å²) in [5.41, 5.74) is 0.789. The van der Waals surface area contributed by atoms with Gasteiger partial charge in [0.05, 0.1) is 22.9 Å². The maximum absolute atomic E-state index is 12.9. The summed E-state index contributed by atoms with van der Waals surface area (Å²) < 4.78 is 1.86. The Hall–Kier alpha value is -4.27. The van der Waals surface area contributed by atoms with E-state index >= 15 is 0 Å².